The molecule has 0 aliphatic carbocycles. The number of carbonyl (C=O) groups is 1. The molecular weight excluding hydrogens is 204 g/mol. The zero-order valence-electron chi connectivity index (χ0n) is 7.42. The highest BCUT2D eigenvalue weighted by Crippen LogP contribution is 2.19. The summed E-state index contributed by atoms with van der Waals surface area (Å²) in [5.74, 6) is -0.911. The van der Waals surface area contributed by atoms with Crippen molar-refractivity contribution in [3.8, 4) is 0 Å². The van der Waals surface area contributed by atoms with E-state index in [2.05, 4.69) is 4.98 Å². The van der Waals surface area contributed by atoms with Crippen LogP contribution in [0.15, 0.2) is 11.6 Å². The Morgan fingerprint density at radius 1 is 1.79 bits per heavy atom. The first kappa shape index (κ1) is 9.42. The minimum atomic E-state index is -0.911. The van der Waals surface area contributed by atoms with Crippen LogP contribution in [-0.2, 0) is 9.53 Å². The van der Waals surface area contributed by atoms with Gasteiger partial charge in [-0.3, -0.25) is 0 Å². The highest BCUT2D eigenvalue weighted by Gasteiger charge is 2.27. The molecule has 2 heterocycles. The predicted octanol–water partition coefficient (Wildman–Crippen LogP) is 0.433. The molecule has 1 saturated heterocycles. The molecule has 6 heteroatoms. The number of rotatable bonds is 2. The van der Waals surface area contributed by atoms with Crippen LogP contribution >= 0.6 is 11.3 Å². The summed E-state index contributed by atoms with van der Waals surface area (Å²) in [7, 11) is 0. The summed E-state index contributed by atoms with van der Waals surface area (Å²) in [5.41, 5.74) is 0. The van der Waals surface area contributed by atoms with Crippen molar-refractivity contribution in [3.63, 3.8) is 0 Å². The smallest absolute Gasteiger partial charge is 0.334 e. The van der Waals surface area contributed by atoms with E-state index in [1.54, 1.807) is 6.20 Å². The number of hydrogen-bond acceptors (Lipinski definition) is 5. The largest absolute Gasteiger partial charge is 0.479 e. The van der Waals surface area contributed by atoms with Gasteiger partial charge in [-0.15, -0.1) is 11.3 Å². The molecule has 1 N–H and O–H groups in total. The van der Waals surface area contributed by atoms with E-state index in [1.165, 1.54) is 11.3 Å². The first-order chi connectivity index (χ1) is 6.77. The molecular formula is C8H10N2O3S. The number of carboxylic acids is 1. The van der Waals surface area contributed by atoms with Gasteiger partial charge < -0.3 is 14.7 Å². The number of hydrogen-bond donors (Lipinski definition) is 1. The predicted molar refractivity (Wildman–Crippen MR) is 51.7 cm³/mol. The molecule has 1 aliphatic heterocycles. The highest BCUT2D eigenvalue weighted by atomic mass is 32.1. The highest BCUT2D eigenvalue weighted by molar-refractivity contribution is 7.13. The Balaban J connectivity index is 2.04. The summed E-state index contributed by atoms with van der Waals surface area (Å²) >= 11 is 1.51. The van der Waals surface area contributed by atoms with Crippen molar-refractivity contribution < 1.29 is 14.6 Å². The maximum Gasteiger partial charge on any atom is 0.334 e. The minimum Gasteiger partial charge on any atom is -0.479 e. The van der Waals surface area contributed by atoms with Crippen LogP contribution in [0.4, 0.5) is 5.13 Å². The summed E-state index contributed by atoms with van der Waals surface area (Å²) < 4.78 is 5.10. The molecule has 0 amide bonds. The standard InChI is InChI=1S/C8H10N2O3S/c11-7(12)6-5-10(2-3-13-6)8-9-1-4-14-8/h1,4,6H,2-3,5H2,(H,11,12). The Kier molecular flexibility index (Phi) is 2.64. The Morgan fingerprint density at radius 2 is 2.64 bits per heavy atom. The molecule has 0 bridgehead atoms. The van der Waals surface area contributed by atoms with E-state index in [1.807, 2.05) is 10.3 Å². The van der Waals surface area contributed by atoms with Gasteiger partial charge in [0.05, 0.1) is 13.2 Å². The van der Waals surface area contributed by atoms with Crippen LogP contribution in [0.2, 0.25) is 0 Å². The minimum absolute atomic E-state index is 0.378. The molecule has 0 spiro atoms. The van der Waals surface area contributed by atoms with Gasteiger partial charge in [-0.2, -0.15) is 0 Å². The van der Waals surface area contributed by atoms with Crippen molar-refractivity contribution in [2.45, 2.75) is 6.10 Å². The summed E-state index contributed by atoms with van der Waals surface area (Å²) in [6, 6.07) is 0. The van der Waals surface area contributed by atoms with Crippen LogP contribution < -0.4 is 4.90 Å². The van der Waals surface area contributed by atoms with Crippen LogP contribution in [0.3, 0.4) is 0 Å². The van der Waals surface area contributed by atoms with Crippen molar-refractivity contribution in [2.75, 3.05) is 24.6 Å². The van der Waals surface area contributed by atoms with E-state index in [0.29, 0.717) is 19.7 Å². The molecule has 1 aromatic heterocycles. The number of aliphatic carboxylic acids is 1. The second-order valence-electron chi connectivity index (χ2n) is 2.96. The molecule has 1 aliphatic rings. The van der Waals surface area contributed by atoms with Gasteiger partial charge in [0.2, 0.25) is 0 Å². The fourth-order valence-electron chi connectivity index (χ4n) is 1.34. The normalized spacial score (nSPS) is 22.3. The van der Waals surface area contributed by atoms with Crippen molar-refractivity contribution in [2.24, 2.45) is 0 Å². The number of ether oxygens (including phenoxy) is 1. The van der Waals surface area contributed by atoms with E-state index in [9.17, 15) is 4.79 Å². The third-order valence-corrected chi connectivity index (χ3v) is 2.86. The molecule has 14 heavy (non-hydrogen) atoms. The number of carboxylic acid groups (broad SMARTS) is 1. The molecule has 2 rings (SSSR count). The monoisotopic (exact) mass is 214 g/mol. The first-order valence-electron chi connectivity index (χ1n) is 4.26. The number of aromatic nitrogens is 1. The molecule has 76 valence electrons. The quantitative estimate of drug-likeness (QED) is 0.773. The molecule has 0 aromatic carbocycles. The summed E-state index contributed by atoms with van der Waals surface area (Å²) in [6.45, 7) is 1.52. The van der Waals surface area contributed by atoms with Crippen molar-refractivity contribution >= 4 is 22.4 Å². The molecule has 5 nitrogen and oxygen atoms in total. The third-order valence-electron chi connectivity index (χ3n) is 2.03. The van der Waals surface area contributed by atoms with E-state index in [0.717, 1.165) is 5.13 Å². The van der Waals surface area contributed by atoms with Gasteiger partial charge in [-0.05, 0) is 0 Å². The molecule has 1 atom stereocenters. The van der Waals surface area contributed by atoms with Gasteiger partial charge in [0.15, 0.2) is 11.2 Å². The zero-order chi connectivity index (χ0) is 9.97. The molecule has 1 aromatic rings. The van der Waals surface area contributed by atoms with Crippen molar-refractivity contribution in [1.82, 2.24) is 4.98 Å². The lowest BCUT2D eigenvalue weighted by Crippen LogP contribution is -2.46. The summed E-state index contributed by atoms with van der Waals surface area (Å²) in [5, 5.41) is 11.5. The maximum absolute atomic E-state index is 10.7. The lowest BCUT2D eigenvalue weighted by Gasteiger charge is -2.30. The van der Waals surface area contributed by atoms with E-state index < -0.39 is 12.1 Å². The Labute approximate surface area is 84.9 Å². The molecule has 1 fully saturated rings. The van der Waals surface area contributed by atoms with E-state index in [4.69, 9.17) is 9.84 Å². The van der Waals surface area contributed by atoms with E-state index in [-0.39, 0.29) is 0 Å². The third kappa shape index (κ3) is 1.85. The van der Waals surface area contributed by atoms with Crippen LogP contribution in [0, 0.1) is 0 Å². The van der Waals surface area contributed by atoms with Crippen LogP contribution in [0.1, 0.15) is 0 Å². The lowest BCUT2D eigenvalue weighted by molar-refractivity contribution is -0.150. The van der Waals surface area contributed by atoms with Crippen LogP contribution in [0.5, 0.6) is 0 Å². The second kappa shape index (κ2) is 3.93. The average molecular weight is 214 g/mol. The average Bonchev–Trinajstić information content (AvgIpc) is 2.71. The number of morpholine rings is 1. The Bertz CT molecular complexity index is 314. The lowest BCUT2D eigenvalue weighted by atomic mass is 10.3. The number of anilines is 1. The molecule has 0 radical (unpaired) electrons. The van der Waals surface area contributed by atoms with Gasteiger partial charge in [-0.1, -0.05) is 0 Å². The second-order valence-corrected chi connectivity index (χ2v) is 3.83. The van der Waals surface area contributed by atoms with Gasteiger partial charge in [0.25, 0.3) is 0 Å². The topological polar surface area (TPSA) is 62.7 Å². The van der Waals surface area contributed by atoms with Gasteiger partial charge in [0.1, 0.15) is 0 Å². The Morgan fingerprint density at radius 3 is 3.29 bits per heavy atom. The first-order valence-corrected chi connectivity index (χ1v) is 5.14. The van der Waals surface area contributed by atoms with Crippen molar-refractivity contribution in [3.05, 3.63) is 11.6 Å². The zero-order valence-corrected chi connectivity index (χ0v) is 8.24. The van der Waals surface area contributed by atoms with Gasteiger partial charge >= 0.3 is 5.97 Å². The number of nitrogens with zero attached hydrogens (tertiary/aromatic N) is 2. The Hall–Kier alpha value is -1.14. The maximum atomic E-state index is 10.7. The number of thiazole rings is 1. The molecule has 0 saturated carbocycles. The fraction of sp³-hybridized carbons (Fsp3) is 0.500. The van der Waals surface area contributed by atoms with Crippen LogP contribution in [-0.4, -0.2) is 41.9 Å². The van der Waals surface area contributed by atoms with Gasteiger partial charge in [0, 0.05) is 18.1 Å². The fourth-order valence-corrected chi connectivity index (χ4v) is 2.02. The summed E-state index contributed by atoms with van der Waals surface area (Å²) in [4.78, 5) is 16.8. The SMILES string of the molecule is O=C(O)C1CN(c2nccs2)CCO1. The van der Waals surface area contributed by atoms with Crippen LogP contribution in [0.25, 0.3) is 0 Å². The van der Waals surface area contributed by atoms with Crippen molar-refractivity contribution in [1.29, 1.82) is 0 Å². The van der Waals surface area contributed by atoms with Gasteiger partial charge in [-0.25, -0.2) is 9.78 Å². The molecule has 1 unspecified atom stereocenters. The van der Waals surface area contributed by atoms with E-state index >= 15 is 0 Å². The summed E-state index contributed by atoms with van der Waals surface area (Å²) in [6.07, 6.45) is 0.985.